The van der Waals surface area contributed by atoms with Gasteiger partial charge >= 0.3 is 0 Å². The van der Waals surface area contributed by atoms with Crippen molar-refractivity contribution >= 4 is 10.8 Å². The number of benzene rings is 5. The number of nitrogens with zero attached hydrogens (tertiary/aromatic N) is 1. The number of morpholine rings is 1. The molecule has 1 aliphatic rings. The standard InChI is InChI=1S/C36H35NO3/c38-35(40-27-28-20-21-29-12-10-11-13-30(29)24-28)25-34-26-37(22-23-39-34)36(31-14-4-1-5-15-31,32-16-6-2-7-17-32)33-18-8-3-9-19-33/h1-21,24,34-35,38H,22-23,25-27H2. The van der Waals surface area contributed by atoms with Gasteiger partial charge in [-0.2, -0.15) is 0 Å². The maximum absolute atomic E-state index is 10.9. The average molecular weight is 530 g/mol. The van der Waals surface area contributed by atoms with Gasteiger partial charge in [-0.1, -0.05) is 127 Å². The van der Waals surface area contributed by atoms with E-state index in [1.165, 1.54) is 27.5 Å². The van der Waals surface area contributed by atoms with E-state index in [0.29, 0.717) is 26.2 Å². The highest BCUT2D eigenvalue weighted by Gasteiger charge is 2.44. The topological polar surface area (TPSA) is 41.9 Å². The fraction of sp³-hybridized carbons (Fsp3) is 0.222. The first-order chi connectivity index (χ1) is 19.7. The van der Waals surface area contributed by atoms with Crippen molar-refractivity contribution in [3.05, 3.63) is 156 Å². The molecule has 0 aromatic heterocycles. The van der Waals surface area contributed by atoms with Crippen LogP contribution in [0.4, 0.5) is 0 Å². The second-order valence-electron chi connectivity index (χ2n) is 10.4. The van der Waals surface area contributed by atoms with Crippen molar-refractivity contribution < 1.29 is 14.6 Å². The lowest BCUT2D eigenvalue weighted by atomic mass is 9.75. The Labute approximate surface area is 236 Å². The molecule has 1 heterocycles. The van der Waals surface area contributed by atoms with Crippen molar-refractivity contribution in [3.63, 3.8) is 0 Å². The summed E-state index contributed by atoms with van der Waals surface area (Å²) < 4.78 is 12.1. The number of aliphatic hydroxyl groups is 1. The normalized spacial score (nSPS) is 17.1. The van der Waals surface area contributed by atoms with Crippen LogP contribution in [0.1, 0.15) is 28.7 Å². The van der Waals surface area contributed by atoms with E-state index >= 15 is 0 Å². The van der Waals surface area contributed by atoms with Gasteiger partial charge in [0, 0.05) is 19.5 Å². The molecule has 0 radical (unpaired) electrons. The van der Waals surface area contributed by atoms with Crippen LogP contribution in [-0.4, -0.2) is 42.1 Å². The van der Waals surface area contributed by atoms with Gasteiger partial charge in [-0.25, -0.2) is 0 Å². The molecule has 1 fully saturated rings. The Morgan fingerprint density at radius 2 is 1.27 bits per heavy atom. The van der Waals surface area contributed by atoms with Gasteiger partial charge in [-0.05, 0) is 39.1 Å². The van der Waals surface area contributed by atoms with Crippen LogP contribution in [0.25, 0.3) is 10.8 Å². The first-order valence-corrected chi connectivity index (χ1v) is 14.0. The molecule has 1 saturated heterocycles. The highest BCUT2D eigenvalue weighted by molar-refractivity contribution is 5.82. The number of hydrogen-bond acceptors (Lipinski definition) is 4. The lowest BCUT2D eigenvalue weighted by Crippen LogP contribution is -2.55. The molecular formula is C36H35NO3. The molecule has 5 aromatic carbocycles. The minimum atomic E-state index is -0.920. The maximum Gasteiger partial charge on any atom is 0.157 e. The summed E-state index contributed by atoms with van der Waals surface area (Å²) in [5.41, 5.74) is 4.17. The van der Waals surface area contributed by atoms with Crippen LogP contribution < -0.4 is 0 Å². The van der Waals surface area contributed by atoms with Crippen LogP contribution in [0.5, 0.6) is 0 Å². The van der Waals surface area contributed by atoms with Gasteiger partial charge in [0.1, 0.15) is 0 Å². The number of aliphatic hydroxyl groups excluding tert-OH is 1. The molecule has 4 nitrogen and oxygen atoms in total. The Morgan fingerprint density at radius 3 is 1.88 bits per heavy atom. The van der Waals surface area contributed by atoms with E-state index in [-0.39, 0.29) is 6.10 Å². The molecule has 5 aromatic rings. The number of ether oxygens (including phenoxy) is 2. The lowest BCUT2D eigenvalue weighted by Gasteiger charge is -2.49. The Hall–Kier alpha value is -3.80. The van der Waals surface area contributed by atoms with Crippen molar-refractivity contribution in [1.82, 2.24) is 4.90 Å². The Bertz CT molecular complexity index is 1410. The van der Waals surface area contributed by atoms with Gasteiger partial charge < -0.3 is 14.6 Å². The van der Waals surface area contributed by atoms with E-state index in [9.17, 15) is 5.11 Å². The Kier molecular flexibility index (Phi) is 8.03. The molecule has 6 rings (SSSR count). The van der Waals surface area contributed by atoms with E-state index < -0.39 is 11.8 Å². The van der Waals surface area contributed by atoms with Crippen LogP contribution in [0.15, 0.2) is 133 Å². The summed E-state index contributed by atoms with van der Waals surface area (Å²) >= 11 is 0. The fourth-order valence-corrected chi connectivity index (χ4v) is 6.07. The highest BCUT2D eigenvalue weighted by atomic mass is 16.6. The third kappa shape index (κ3) is 5.45. The zero-order valence-electron chi connectivity index (χ0n) is 22.6. The van der Waals surface area contributed by atoms with Crippen LogP contribution >= 0.6 is 0 Å². The van der Waals surface area contributed by atoms with Crippen molar-refractivity contribution in [2.45, 2.75) is 31.0 Å². The van der Waals surface area contributed by atoms with Crippen molar-refractivity contribution in [2.24, 2.45) is 0 Å². The minimum absolute atomic E-state index is 0.170. The van der Waals surface area contributed by atoms with E-state index in [1.54, 1.807) is 0 Å². The predicted octanol–water partition coefficient (Wildman–Crippen LogP) is 6.76. The molecule has 202 valence electrons. The molecule has 1 aliphatic heterocycles. The van der Waals surface area contributed by atoms with Gasteiger partial charge in [-0.3, -0.25) is 4.90 Å². The largest absolute Gasteiger partial charge is 0.375 e. The summed E-state index contributed by atoms with van der Waals surface area (Å²) in [7, 11) is 0. The molecule has 0 spiro atoms. The lowest BCUT2D eigenvalue weighted by molar-refractivity contribution is -0.149. The van der Waals surface area contributed by atoms with Crippen LogP contribution in [-0.2, 0) is 21.6 Å². The molecule has 4 heteroatoms. The second-order valence-corrected chi connectivity index (χ2v) is 10.4. The molecule has 2 unspecified atom stereocenters. The first-order valence-electron chi connectivity index (χ1n) is 14.0. The first kappa shape index (κ1) is 26.4. The highest BCUT2D eigenvalue weighted by Crippen LogP contribution is 2.43. The number of fused-ring (bicyclic) bond motifs is 1. The zero-order chi connectivity index (χ0) is 27.2. The Morgan fingerprint density at radius 1 is 0.725 bits per heavy atom. The summed E-state index contributed by atoms with van der Waals surface area (Å²) in [6.07, 6.45) is -0.690. The predicted molar refractivity (Wildman–Crippen MR) is 160 cm³/mol. The number of rotatable bonds is 9. The van der Waals surface area contributed by atoms with Crippen molar-refractivity contribution in [1.29, 1.82) is 0 Å². The maximum atomic E-state index is 10.9. The molecule has 1 N–H and O–H groups in total. The summed E-state index contributed by atoms with van der Waals surface area (Å²) in [6, 6.07) is 46.7. The molecular weight excluding hydrogens is 494 g/mol. The van der Waals surface area contributed by atoms with Gasteiger partial charge in [0.05, 0.1) is 24.9 Å². The van der Waals surface area contributed by atoms with E-state index in [2.05, 4.69) is 126 Å². The average Bonchev–Trinajstić information content (AvgIpc) is 3.02. The van der Waals surface area contributed by atoms with Gasteiger partial charge in [0.2, 0.25) is 0 Å². The third-order valence-electron chi connectivity index (χ3n) is 7.91. The summed E-state index contributed by atoms with van der Waals surface area (Å²) in [5.74, 6) is 0. The van der Waals surface area contributed by atoms with Crippen LogP contribution in [0.2, 0.25) is 0 Å². The quantitative estimate of drug-likeness (QED) is 0.169. The van der Waals surface area contributed by atoms with E-state index in [4.69, 9.17) is 9.47 Å². The second kappa shape index (κ2) is 12.2. The summed E-state index contributed by atoms with van der Waals surface area (Å²) in [4.78, 5) is 2.51. The fourth-order valence-electron chi connectivity index (χ4n) is 6.07. The molecule has 2 atom stereocenters. The van der Waals surface area contributed by atoms with Gasteiger partial charge in [-0.15, -0.1) is 0 Å². The Balaban J connectivity index is 1.24. The monoisotopic (exact) mass is 529 g/mol. The SMILES string of the molecule is OC(CC1CN(C(c2ccccc2)(c2ccccc2)c2ccccc2)CCO1)OCc1ccc2ccccc2c1. The van der Waals surface area contributed by atoms with Crippen LogP contribution in [0.3, 0.4) is 0 Å². The summed E-state index contributed by atoms with van der Waals surface area (Å²) in [5, 5.41) is 13.3. The van der Waals surface area contributed by atoms with E-state index in [0.717, 1.165) is 12.1 Å². The minimum Gasteiger partial charge on any atom is -0.375 e. The molecule has 0 saturated carbocycles. The molecule has 0 bridgehead atoms. The molecule has 40 heavy (non-hydrogen) atoms. The van der Waals surface area contributed by atoms with Gasteiger partial charge in [0.15, 0.2) is 6.29 Å². The molecule has 0 amide bonds. The zero-order valence-corrected chi connectivity index (χ0v) is 22.6. The molecule has 0 aliphatic carbocycles. The van der Waals surface area contributed by atoms with E-state index in [1.807, 2.05) is 12.1 Å². The van der Waals surface area contributed by atoms with Crippen LogP contribution in [0, 0.1) is 0 Å². The van der Waals surface area contributed by atoms with Gasteiger partial charge in [0.25, 0.3) is 0 Å². The summed E-state index contributed by atoms with van der Waals surface area (Å²) in [6.45, 7) is 2.36. The third-order valence-corrected chi connectivity index (χ3v) is 7.91. The number of hydrogen-bond donors (Lipinski definition) is 1. The van der Waals surface area contributed by atoms with Crippen molar-refractivity contribution in [2.75, 3.05) is 19.7 Å². The van der Waals surface area contributed by atoms with Crippen molar-refractivity contribution in [3.8, 4) is 0 Å². The smallest absolute Gasteiger partial charge is 0.157 e.